The molecule has 0 aromatic carbocycles. The average molecular weight is 285 g/mol. The van der Waals surface area contributed by atoms with Crippen molar-refractivity contribution in [2.24, 2.45) is 11.8 Å². The summed E-state index contributed by atoms with van der Waals surface area (Å²) in [5, 5.41) is 4.29. The Balaban J connectivity index is 2.00. The third kappa shape index (κ3) is 3.68. The normalized spacial score (nSPS) is 28.8. The van der Waals surface area contributed by atoms with Gasteiger partial charge < -0.3 is 5.32 Å². The molecule has 0 spiro atoms. The van der Waals surface area contributed by atoms with Crippen LogP contribution < -0.4 is 5.32 Å². The number of nitrogens with zero attached hydrogens (tertiary/aromatic N) is 2. The first kappa shape index (κ1) is 14.3. The van der Waals surface area contributed by atoms with Crippen LogP contribution in [0, 0.1) is 11.8 Å². The van der Waals surface area contributed by atoms with Crippen molar-refractivity contribution < 1.29 is 0 Å². The minimum atomic E-state index is 0.638. The number of hydrogen-bond donors (Lipinski definition) is 1. The highest BCUT2D eigenvalue weighted by atomic mass is 32.2. The molecule has 1 N–H and O–H groups in total. The molecule has 0 aliphatic heterocycles. The van der Waals surface area contributed by atoms with E-state index in [1.807, 2.05) is 11.8 Å². The fraction of sp³-hybridized carbons (Fsp3) is 0.846. The zero-order chi connectivity index (χ0) is 13.0. The van der Waals surface area contributed by atoms with Crippen molar-refractivity contribution in [3.63, 3.8) is 0 Å². The van der Waals surface area contributed by atoms with Gasteiger partial charge in [0.05, 0.1) is 0 Å². The minimum Gasteiger partial charge on any atom is -0.313 e. The molecule has 0 saturated heterocycles. The number of rotatable bonds is 5. The molecule has 0 amide bonds. The van der Waals surface area contributed by atoms with Crippen molar-refractivity contribution in [2.75, 3.05) is 6.54 Å². The van der Waals surface area contributed by atoms with Gasteiger partial charge in [-0.25, -0.2) is 4.98 Å². The molecule has 1 aliphatic carbocycles. The Morgan fingerprint density at radius 3 is 2.94 bits per heavy atom. The average Bonchev–Trinajstić information content (AvgIpc) is 2.84. The topological polar surface area (TPSA) is 37.8 Å². The molecule has 3 atom stereocenters. The van der Waals surface area contributed by atoms with Gasteiger partial charge in [-0.1, -0.05) is 32.5 Å². The molecule has 1 heterocycles. The summed E-state index contributed by atoms with van der Waals surface area (Å²) in [6.07, 6.45) is 5.63. The van der Waals surface area contributed by atoms with E-state index in [0.29, 0.717) is 11.3 Å². The summed E-state index contributed by atoms with van der Waals surface area (Å²) in [4.78, 5) is 4.32. The molecule has 0 radical (unpaired) electrons. The van der Waals surface area contributed by atoms with Crippen LogP contribution in [0.4, 0.5) is 0 Å². The Labute approximate surface area is 118 Å². The molecule has 3 unspecified atom stereocenters. The van der Waals surface area contributed by atoms with E-state index in [2.05, 4.69) is 35.4 Å². The van der Waals surface area contributed by atoms with Crippen molar-refractivity contribution in [3.8, 4) is 0 Å². The first-order valence-electron chi connectivity index (χ1n) is 6.87. The number of hydrogen-bond acceptors (Lipinski definition) is 5. The quantitative estimate of drug-likeness (QED) is 0.899. The summed E-state index contributed by atoms with van der Waals surface area (Å²) in [5.74, 6) is 1.66. The van der Waals surface area contributed by atoms with Crippen LogP contribution in [-0.4, -0.2) is 27.2 Å². The molecule has 1 saturated carbocycles. The highest BCUT2D eigenvalue weighted by molar-refractivity contribution is 8.01. The number of aromatic nitrogens is 2. The van der Waals surface area contributed by atoms with Crippen LogP contribution in [-0.2, 0) is 0 Å². The van der Waals surface area contributed by atoms with Gasteiger partial charge in [0.2, 0.25) is 0 Å². The molecule has 1 aromatic rings. The molecule has 2 rings (SSSR count). The Morgan fingerprint density at radius 2 is 2.33 bits per heavy atom. The van der Waals surface area contributed by atoms with Gasteiger partial charge in [-0.3, -0.25) is 0 Å². The molecule has 1 aliphatic rings. The predicted octanol–water partition coefficient (Wildman–Crippen LogP) is 3.43. The smallest absolute Gasteiger partial charge is 0.170 e. The van der Waals surface area contributed by atoms with E-state index in [1.165, 1.54) is 30.8 Å². The van der Waals surface area contributed by atoms with E-state index in [9.17, 15) is 0 Å². The molecule has 3 nitrogen and oxygen atoms in total. The maximum absolute atomic E-state index is 4.32. The van der Waals surface area contributed by atoms with E-state index in [0.717, 1.165) is 22.7 Å². The van der Waals surface area contributed by atoms with E-state index in [-0.39, 0.29) is 0 Å². The summed E-state index contributed by atoms with van der Waals surface area (Å²) in [6, 6.07) is 0.638. The van der Waals surface area contributed by atoms with Gasteiger partial charge in [0.1, 0.15) is 6.33 Å². The highest BCUT2D eigenvalue weighted by Gasteiger charge is 2.32. The second-order valence-corrected chi connectivity index (χ2v) is 7.61. The molecule has 1 aromatic heterocycles. The standard InChI is InChI=1S/C13H23N3S2/c1-4-14-11-6-5-10(9(2)3)7-12(11)17-13-15-8-16-18-13/h8-12,14H,4-7H2,1-3H3. The van der Waals surface area contributed by atoms with Gasteiger partial charge in [0.25, 0.3) is 0 Å². The first-order valence-corrected chi connectivity index (χ1v) is 8.52. The first-order chi connectivity index (χ1) is 8.70. The highest BCUT2D eigenvalue weighted by Crippen LogP contribution is 2.39. The molecule has 0 bridgehead atoms. The Morgan fingerprint density at radius 1 is 1.50 bits per heavy atom. The summed E-state index contributed by atoms with van der Waals surface area (Å²) < 4.78 is 5.22. The van der Waals surface area contributed by atoms with Gasteiger partial charge >= 0.3 is 0 Å². The number of nitrogens with one attached hydrogen (secondary N) is 1. The van der Waals surface area contributed by atoms with Crippen LogP contribution >= 0.6 is 23.3 Å². The van der Waals surface area contributed by atoms with Crippen LogP contribution in [0.3, 0.4) is 0 Å². The molecule has 1 fully saturated rings. The predicted molar refractivity (Wildman–Crippen MR) is 79.2 cm³/mol. The lowest BCUT2D eigenvalue weighted by Crippen LogP contribution is -2.43. The maximum Gasteiger partial charge on any atom is 0.170 e. The summed E-state index contributed by atoms with van der Waals surface area (Å²) in [7, 11) is 0. The lowest BCUT2D eigenvalue weighted by Gasteiger charge is -2.37. The van der Waals surface area contributed by atoms with Crippen molar-refractivity contribution >= 4 is 23.3 Å². The van der Waals surface area contributed by atoms with Crippen LogP contribution in [0.2, 0.25) is 0 Å². The number of thioether (sulfide) groups is 1. The lowest BCUT2D eigenvalue weighted by atomic mass is 9.79. The monoisotopic (exact) mass is 285 g/mol. The molecule has 5 heteroatoms. The van der Waals surface area contributed by atoms with Gasteiger partial charge in [-0.05, 0) is 49.2 Å². The van der Waals surface area contributed by atoms with E-state index < -0.39 is 0 Å². The van der Waals surface area contributed by atoms with Gasteiger partial charge in [-0.2, -0.15) is 4.37 Å². The summed E-state index contributed by atoms with van der Waals surface area (Å²) >= 11 is 3.44. The van der Waals surface area contributed by atoms with Gasteiger partial charge in [0.15, 0.2) is 4.34 Å². The minimum absolute atomic E-state index is 0.638. The van der Waals surface area contributed by atoms with Crippen LogP contribution in [0.25, 0.3) is 0 Å². The van der Waals surface area contributed by atoms with E-state index >= 15 is 0 Å². The maximum atomic E-state index is 4.32. The Hall–Kier alpha value is -0.130. The molecular formula is C13H23N3S2. The van der Waals surface area contributed by atoms with Crippen molar-refractivity contribution in [2.45, 2.75) is 55.7 Å². The van der Waals surface area contributed by atoms with Crippen molar-refractivity contribution in [1.29, 1.82) is 0 Å². The summed E-state index contributed by atoms with van der Waals surface area (Å²) in [6.45, 7) is 7.96. The van der Waals surface area contributed by atoms with Crippen LogP contribution in [0.15, 0.2) is 10.7 Å². The largest absolute Gasteiger partial charge is 0.313 e. The van der Waals surface area contributed by atoms with Gasteiger partial charge in [0, 0.05) is 11.3 Å². The SMILES string of the molecule is CCNC1CCC(C(C)C)CC1Sc1ncns1. The molecule has 18 heavy (non-hydrogen) atoms. The summed E-state index contributed by atoms with van der Waals surface area (Å²) in [5.41, 5.74) is 0. The van der Waals surface area contributed by atoms with Crippen molar-refractivity contribution in [3.05, 3.63) is 6.33 Å². The Bertz CT molecular complexity index is 340. The van der Waals surface area contributed by atoms with E-state index in [1.54, 1.807) is 6.33 Å². The van der Waals surface area contributed by atoms with Crippen molar-refractivity contribution in [1.82, 2.24) is 14.7 Å². The fourth-order valence-electron chi connectivity index (χ4n) is 2.74. The molecule has 102 valence electrons. The Kier molecular flexibility index (Phi) is 5.45. The zero-order valence-corrected chi connectivity index (χ0v) is 13.1. The molecular weight excluding hydrogens is 262 g/mol. The van der Waals surface area contributed by atoms with Crippen LogP contribution in [0.5, 0.6) is 0 Å². The third-order valence-corrected chi connectivity index (χ3v) is 5.94. The zero-order valence-electron chi connectivity index (χ0n) is 11.4. The fourth-order valence-corrected chi connectivity index (χ4v) is 4.79. The lowest BCUT2D eigenvalue weighted by molar-refractivity contribution is 0.247. The second-order valence-electron chi connectivity index (χ2n) is 5.34. The van der Waals surface area contributed by atoms with Crippen LogP contribution in [0.1, 0.15) is 40.0 Å². The van der Waals surface area contributed by atoms with E-state index in [4.69, 9.17) is 0 Å². The third-order valence-electron chi connectivity index (χ3n) is 3.83. The van der Waals surface area contributed by atoms with Gasteiger partial charge in [-0.15, -0.1) is 0 Å². The second kappa shape index (κ2) is 6.87.